The number of amides is 1. The summed E-state index contributed by atoms with van der Waals surface area (Å²) in [6.07, 6.45) is 4.84. The largest absolute Gasteiger partial charge is 0.483 e. The second kappa shape index (κ2) is 8.31. The molecule has 2 aliphatic heterocycles. The third-order valence-electron chi connectivity index (χ3n) is 4.49. The fraction of sp³-hybridized carbons (Fsp3) is 0.611. The minimum absolute atomic E-state index is 0.0876. The Morgan fingerprint density at radius 3 is 2.87 bits per heavy atom. The highest BCUT2D eigenvalue weighted by molar-refractivity contribution is 5.78. The lowest BCUT2D eigenvalue weighted by atomic mass is 10.2. The summed E-state index contributed by atoms with van der Waals surface area (Å²) in [4.78, 5) is 14.0. The molecule has 0 spiro atoms. The average molecular weight is 318 g/mol. The molecule has 126 valence electrons. The van der Waals surface area contributed by atoms with E-state index in [9.17, 15) is 4.79 Å². The molecular formula is C18H26N2O3. The van der Waals surface area contributed by atoms with Crippen LogP contribution in [0.25, 0.3) is 0 Å². The van der Waals surface area contributed by atoms with E-state index in [1.807, 2.05) is 29.2 Å². The number of likely N-dealkylation sites (tertiary alicyclic amines) is 1. The summed E-state index contributed by atoms with van der Waals surface area (Å²) in [5.74, 6) is 0.879. The zero-order chi connectivity index (χ0) is 15.9. The number of nitrogens with zero attached hydrogens (tertiary/aromatic N) is 1. The van der Waals surface area contributed by atoms with Gasteiger partial charge in [0.15, 0.2) is 6.61 Å². The van der Waals surface area contributed by atoms with Crippen LogP contribution in [0.4, 0.5) is 0 Å². The first kappa shape index (κ1) is 16.3. The summed E-state index contributed by atoms with van der Waals surface area (Å²) >= 11 is 0. The van der Waals surface area contributed by atoms with E-state index in [0.717, 1.165) is 69.8 Å². The van der Waals surface area contributed by atoms with E-state index < -0.39 is 0 Å². The molecule has 1 N–H and O–H groups in total. The van der Waals surface area contributed by atoms with Crippen molar-refractivity contribution in [2.24, 2.45) is 0 Å². The van der Waals surface area contributed by atoms with Crippen molar-refractivity contribution in [2.75, 3.05) is 32.8 Å². The van der Waals surface area contributed by atoms with Crippen molar-refractivity contribution in [3.8, 4) is 5.75 Å². The number of hydrogen-bond donors (Lipinski definition) is 1. The summed E-state index contributed by atoms with van der Waals surface area (Å²) in [6.45, 7) is 4.34. The van der Waals surface area contributed by atoms with Crippen LogP contribution in [-0.4, -0.2) is 49.8 Å². The Balaban J connectivity index is 1.47. The van der Waals surface area contributed by atoms with E-state index in [0.29, 0.717) is 6.10 Å². The molecule has 1 aromatic rings. The normalized spacial score (nSPS) is 20.9. The van der Waals surface area contributed by atoms with E-state index in [4.69, 9.17) is 9.47 Å². The van der Waals surface area contributed by atoms with Crippen molar-refractivity contribution in [1.82, 2.24) is 10.2 Å². The Hall–Kier alpha value is -1.59. The fourth-order valence-corrected chi connectivity index (χ4v) is 3.16. The van der Waals surface area contributed by atoms with Crippen LogP contribution in [-0.2, 0) is 16.1 Å². The molecule has 0 aromatic heterocycles. The van der Waals surface area contributed by atoms with Gasteiger partial charge in [0.05, 0.1) is 6.10 Å². The maximum Gasteiger partial charge on any atom is 0.260 e. The number of hydrogen-bond acceptors (Lipinski definition) is 4. The molecule has 5 heteroatoms. The molecule has 0 saturated carbocycles. The summed E-state index contributed by atoms with van der Waals surface area (Å²) < 4.78 is 11.4. The molecule has 2 fully saturated rings. The maximum atomic E-state index is 12.1. The molecule has 3 rings (SSSR count). The van der Waals surface area contributed by atoms with Gasteiger partial charge in [-0.25, -0.2) is 0 Å². The second-order valence-electron chi connectivity index (χ2n) is 6.25. The first-order chi connectivity index (χ1) is 11.3. The predicted octanol–water partition coefficient (Wildman–Crippen LogP) is 1.96. The Bertz CT molecular complexity index is 509. The molecule has 1 aromatic carbocycles. The monoisotopic (exact) mass is 318 g/mol. The van der Waals surface area contributed by atoms with Crippen LogP contribution in [0.15, 0.2) is 24.3 Å². The van der Waals surface area contributed by atoms with Crippen molar-refractivity contribution >= 4 is 5.91 Å². The van der Waals surface area contributed by atoms with E-state index in [2.05, 4.69) is 5.32 Å². The predicted molar refractivity (Wildman–Crippen MR) is 88.4 cm³/mol. The average Bonchev–Trinajstić information content (AvgIpc) is 3.27. The minimum Gasteiger partial charge on any atom is -0.483 e. The van der Waals surface area contributed by atoms with E-state index in [-0.39, 0.29) is 12.5 Å². The lowest BCUT2D eigenvalue weighted by molar-refractivity contribution is -0.132. The minimum atomic E-state index is 0.0876. The standard InChI is InChI=1S/C18H26N2O3/c21-18(20-9-3-4-10-20)14-23-17-8-2-1-6-15(17)12-19-13-16-7-5-11-22-16/h1-2,6,8,16,19H,3-5,7,9-14H2. The first-order valence-corrected chi connectivity index (χ1v) is 8.64. The summed E-state index contributed by atoms with van der Waals surface area (Å²) in [5.41, 5.74) is 1.08. The van der Waals surface area contributed by atoms with Gasteiger partial charge in [-0.3, -0.25) is 4.79 Å². The molecule has 2 heterocycles. The first-order valence-electron chi connectivity index (χ1n) is 8.64. The Labute approximate surface area is 137 Å². The third kappa shape index (κ3) is 4.69. The number of rotatable bonds is 7. The lowest BCUT2D eigenvalue weighted by Gasteiger charge is -2.17. The topological polar surface area (TPSA) is 50.8 Å². The highest BCUT2D eigenvalue weighted by Gasteiger charge is 2.19. The van der Waals surface area contributed by atoms with Gasteiger partial charge in [-0.2, -0.15) is 0 Å². The molecule has 0 aliphatic carbocycles. The molecule has 0 radical (unpaired) electrons. The molecule has 1 amide bonds. The number of nitrogens with one attached hydrogen (secondary N) is 1. The Morgan fingerprint density at radius 1 is 1.26 bits per heavy atom. The van der Waals surface area contributed by atoms with E-state index in [1.54, 1.807) is 0 Å². The molecule has 1 atom stereocenters. The number of para-hydroxylation sites is 1. The number of carbonyl (C=O) groups excluding carboxylic acids is 1. The lowest BCUT2D eigenvalue weighted by Crippen LogP contribution is -2.32. The van der Waals surface area contributed by atoms with Gasteiger partial charge in [-0.05, 0) is 31.7 Å². The third-order valence-corrected chi connectivity index (χ3v) is 4.49. The fourth-order valence-electron chi connectivity index (χ4n) is 3.16. The van der Waals surface area contributed by atoms with Gasteiger partial charge in [-0.15, -0.1) is 0 Å². The van der Waals surface area contributed by atoms with Crippen molar-refractivity contribution in [3.63, 3.8) is 0 Å². The molecule has 5 nitrogen and oxygen atoms in total. The SMILES string of the molecule is O=C(COc1ccccc1CNCC1CCCO1)N1CCCC1. The Kier molecular flexibility index (Phi) is 5.88. The van der Waals surface area contributed by atoms with E-state index in [1.165, 1.54) is 0 Å². The molecular weight excluding hydrogens is 292 g/mol. The van der Waals surface area contributed by atoms with Crippen LogP contribution in [0.3, 0.4) is 0 Å². The van der Waals surface area contributed by atoms with Crippen LogP contribution in [0.5, 0.6) is 5.75 Å². The molecule has 2 aliphatic rings. The van der Waals surface area contributed by atoms with Crippen LogP contribution >= 0.6 is 0 Å². The summed E-state index contributed by atoms with van der Waals surface area (Å²) in [5, 5.41) is 3.43. The van der Waals surface area contributed by atoms with Gasteiger partial charge in [0.2, 0.25) is 0 Å². The van der Waals surface area contributed by atoms with Crippen LogP contribution in [0.1, 0.15) is 31.2 Å². The van der Waals surface area contributed by atoms with Crippen molar-refractivity contribution in [2.45, 2.75) is 38.3 Å². The zero-order valence-corrected chi connectivity index (χ0v) is 13.6. The smallest absolute Gasteiger partial charge is 0.260 e. The van der Waals surface area contributed by atoms with Crippen molar-refractivity contribution in [1.29, 1.82) is 0 Å². The van der Waals surface area contributed by atoms with Gasteiger partial charge < -0.3 is 19.7 Å². The van der Waals surface area contributed by atoms with E-state index >= 15 is 0 Å². The van der Waals surface area contributed by atoms with Crippen molar-refractivity contribution < 1.29 is 14.3 Å². The van der Waals surface area contributed by atoms with Gasteiger partial charge in [0.25, 0.3) is 5.91 Å². The number of benzene rings is 1. The molecule has 1 unspecified atom stereocenters. The summed E-state index contributed by atoms with van der Waals surface area (Å²) in [7, 11) is 0. The van der Waals surface area contributed by atoms with Gasteiger partial charge in [0.1, 0.15) is 5.75 Å². The Morgan fingerprint density at radius 2 is 2.09 bits per heavy atom. The number of ether oxygens (including phenoxy) is 2. The molecule has 2 saturated heterocycles. The summed E-state index contributed by atoms with van der Waals surface area (Å²) in [6, 6.07) is 7.91. The maximum absolute atomic E-state index is 12.1. The highest BCUT2D eigenvalue weighted by atomic mass is 16.5. The molecule has 23 heavy (non-hydrogen) atoms. The van der Waals surface area contributed by atoms with Gasteiger partial charge >= 0.3 is 0 Å². The van der Waals surface area contributed by atoms with Gasteiger partial charge in [0, 0.05) is 38.3 Å². The number of carbonyl (C=O) groups is 1. The van der Waals surface area contributed by atoms with Crippen molar-refractivity contribution in [3.05, 3.63) is 29.8 Å². The zero-order valence-electron chi connectivity index (χ0n) is 13.6. The second-order valence-corrected chi connectivity index (χ2v) is 6.25. The van der Waals surface area contributed by atoms with Gasteiger partial charge in [-0.1, -0.05) is 18.2 Å². The van der Waals surface area contributed by atoms with Crippen LogP contribution in [0.2, 0.25) is 0 Å². The van der Waals surface area contributed by atoms with Crippen LogP contribution < -0.4 is 10.1 Å². The highest BCUT2D eigenvalue weighted by Crippen LogP contribution is 2.19. The quantitative estimate of drug-likeness (QED) is 0.835. The molecule has 0 bridgehead atoms. The van der Waals surface area contributed by atoms with Crippen LogP contribution in [0, 0.1) is 0 Å².